The zero-order chi connectivity index (χ0) is 4.99. The lowest BCUT2D eigenvalue weighted by atomic mass is 10.9. The van der Waals surface area contributed by atoms with Crippen LogP contribution < -0.4 is 0 Å². The second-order valence-corrected chi connectivity index (χ2v) is 1.76. The second-order valence-electron chi connectivity index (χ2n) is 0.846. The van der Waals surface area contributed by atoms with Gasteiger partial charge in [-0.3, -0.25) is 0 Å². The largest absolute Gasteiger partial charge is 0.247 e. The molecule has 0 unspecified atom stereocenters. The van der Waals surface area contributed by atoms with Gasteiger partial charge in [0.05, 0.1) is 5.75 Å². The van der Waals surface area contributed by atoms with Crippen molar-refractivity contribution in [1.29, 1.82) is 0 Å². The van der Waals surface area contributed by atoms with Gasteiger partial charge in [-0.2, -0.15) is 11.8 Å². The highest BCUT2D eigenvalue weighted by Gasteiger charge is 1.96. The van der Waals surface area contributed by atoms with Crippen LogP contribution in [-0.2, 0) is 0 Å². The van der Waals surface area contributed by atoms with Crippen molar-refractivity contribution >= 4 is 11.8 Å². The third-order valence-corrected chi connectivity index (χ3v) is 0.878. The maximum absolute atomic E-state index is 11.0. The van der Waals surface area contributed by atoms with Crippen molar-refractivity contribution in [2.24, 2.45) is 0 Å². The fraction of sp³-hybridized carbons (Fsp3) is 1.00. The minimum atomic E-state index is -2.14. The molecule has 0 saturated heterocycles. The van der Waals surface area contributed by atoms with Gasteiger partial charge in [0.15, 0.2) is 0 Å². The number of rotatable bonds is 2. The molecule has 0 aliphatic carbocycles. The number of hydrogen-bond acceptors (Lipinski definition) is 1. The molecule has 38 valence electrons. The third-order valence-electron chi connectivity index (χ3n) is 0.293. The number of hydrogen-bond donors (Lipinski definition) is 0. The fourth-order valence-corrected chi connectivity index (χ4v) is 0.378. The number of alkyl halides is 2. The van der Waals surface area contributed by atoms with Gasteiger partial charge in [-0.15, -0.1) is 0 Å². The van der Waals surface area contributed by atoms with E-state index in [2.05, 4.69) is 0 Å². The van der Waals surface area contributed by atoms with Gasteiger partial charge in [0, 0.05) is 0 Å². The molecule has 0 fully saturated rings. The lowest BCUT2D eigenvalue weighted by Gasteiger charge is -1.88. The summed E-state index contributed by atoms with van der Waals surface area (Å²) in [6, 6.07) is 0. The third kappa shape index (κ3) is 4.21. The first-order chi connectivity index (χ1) is 2.77. The van der Waals surface area contributed by atoms with Crippen LogP contribution in [0.25, 0.3) is 0 Å². The molecule has 0 atom stereocenters. The van der Waals surface area contributed by atoms with E-state index in [1.54, 1.807) is 6.26 Å². The maximum atomic E-state index is 11.0. The van der Waals surface area contributed by atoms with E-state index in [1.165, 1.54) is 0 Å². The maximum Gasteiger partial charge on any atom is 0.247 e. The van der Waals surface area contributed by atoms with Crippen molar-refractivity contribution in [3.63, 3.8) is 0 Å². The Morgan fingerprint density at radius 3 is 2.17 bits per heavy atom. The summed E-state index contributed by atoms with van der Waals surface area (Å²) in [4.78, 5) is 0. The van der Waals surface area contributed by atoms with E-state index >= 15 is 0 Å². The lowest BCUT2D eigenvalue weighted by Crippen LogP contribution is -1.90. The Morgan fingerprint density at radius 1 is 1.67 bits per heavy atom. The van der Waals surface area contributed by atoms with E-state index in [-0.39, 0.29) is 5.75 Å². The predicted octanol–water partition coefficient (Wildman–Crippen LogP) is 1.61. The molecule has 0 rings (SSSR count). The minimum Gasteiger partial charge on any atom is -0.210 e. The summed E-state index contributed by atoms with van der Waals surface area (Å²) in [6.45, 7) is 0. The Balaban J connectivity index is 2.63. The molecule has 0 nitrogen and oxygen atoms in total. The van der Waals surface area contributed by atoms with E-state index in [0.717, 1.165) is 11.8 Å². The second kappa shape index (κ2) is 3.40. The van der Waals surface area contributed by atoms with Crippen LogP contribution in [0.5, 0.6) is 0 Å². The van der Waals surface area contributed by atoms with Crippen LogP contribution in [0, 0.1) is 0 Å². The van der Waals surface area contributed by atoms with Crippen LogP contribution in [0.1, 0.15) is 0 Å². The first-order valence-corrected chi connectivity index (χ1v) is 2.94. The molecule has 0 saturated carbocycles. The van der Waals surface area contributed by atoms with Gasteiger partial charge in [0.2, 0.25) is 6.43 Å². The molecule has 0 radical (unpaired) electrons. The van der Waals surface area contributed by atoms with E-state index in [9.17, 15) is 8.78 Å². The van der Waals surface area contributed by atoms with Gasteiger partial charge in [0.25, 0.3) is 0 Å². The normalized spacial score (nSPS) is 10.0. The molecule has 0 spiro atoms. The SMILES string of the molecule is CSCC(F)F. The Labute approximate surface area is 39.9 Å². The molecule has 0 aliphatic heterocycles. The topological polar surface area (TPSA) is 0 Å². The highest BCUT2D eigenvalue weighted by atomic mass is 32.2. The Hall–Kier alpha value is 0.210. The molecule has 0 aromatic rings. The Bertz CT molecular complexity index is 30.0. The molecule has 0 heterocycles. The summed E-state index contributed by atoms with van der Waals surface area (Å²) in [7, 11) is 0. The molecule has 0 amide bonds. The Kier molecular flexibility index (Phi) is 3.52. The highest BCUT2D eigenvalue weighted by molar-refractivity contribution is 7.98. The average Bonchev–Trinajstić information content (AvgIpc) is 1.35. The zero-order valence-electron chi connectivity index (χ0n) is 3.45. The summed E-state index contributed by atoms with van der Waals surface area (Å²) in [6.07, 6.45) is -0.480. The molecule has 0 N–H and O–H groups in total. The lowest BCUT2D eigenvalue weighted by molar-refractivity contribution is 0.177. The quantitative estimate of drug-likeness (QED) is 0.523. The van der Waals surface area contributed by atoms with Crippen LogP contribution in [0.3, 0.4) is 0 Å². The number of thioether (sulfide) groups is 1. The zero-order valence-corrected chi connectivity index (χ0v) is 4.27. The van der Waals surface area contributed by atoms with Crippen molar-refractivity contribution in [1.82, 2.24) is 0 Å². The van der Waals surface area contributed by atoms with E-state index < -0.39 is 6.43 Å². The standard InChI is InChI=1S/C3H6F2S/c1-6-2-3(4)5/h3H,2H2,1H3. The number of halogens is 2. The highest BCUT2D eigenvalue weighted by Crippen LogP contribution is 2.00. The van der Waals surface area contributed by atoms with Crippen molar-refractivity contribution in [3.05, 3.63) is 0 Å². The summed E-state index contributed by atoms with van der Waals surface area (Å²) >= 11 is 1.16. The monoisotopic (exact) mass is 112 g/mol. The van der Waals surface area contributed by atoms with Gasteiger partial charge in [-0.25, -0.2) is 8.78 Å². The molecular formula is C3H6F2S. The first-order valence-electron chi connectivity index (χ1n) is 1.54. The van der Waals surface area contributed by atoms with E-state index in [1.807, 2.05) is 0 Å². The van der Waals surface area contributed by atoms with Crippen LogP contribution in [-0.4, -0.2) is 18.4 Å². The summed E-state index contributed by atoms with van der Waals surface area (Å²) in [5.74, 6) is -0.0417. The van der Waals surface area contributed by atoms with Crippen LogP contribution in [0.2, 0.25) is 0 Å². The summed E-state index contributed by atoms with van der Waals surface area (Å²) < 4.78 is 22.0. The van der Waals surface area contributed by atoms with Crippen LogP contribution in [0.15, 0.2) is 0 Å². The van der Waals surface area contributed by atoms with Crippen molar-refractivity contribution in [2.45, 2.75) is 6.43 Å². The molecule has 0 aromatic heterocycles. The van der Waals surface area contributed by atoms with Gasteiger partial charge in [-0.05, 0) is 6.26 Å². The Morgan fingerprint density at radius 2 is 2.17 bits per heavy atom. The van der Waals surface area contributed by atoms with Crippen LogP contribution in [0.4, 0.5) is 8.78 Å². The predicted molar refractivity (Wildman–Crippen MR) is 24.4 cm³/mol. The van der Waals surface area contributed by atoms with Crippen molar-refractivity contribution in [2.75, 3.05) is 12.0 Å². The molecule has 0 aromatic carbocycles. The van der Waals surface area contributed by atoms with Crippen molar-refractivity contribution < 1.29 is 8.78 Å². The molecule has 3 heteroatoms. The van der Waals surface area contributed by atoms with Gasteiger partial charge >= 0.3 is 0 Å². The average molecular weight is 112 g/mol. The smallest absolute Gasteiger partial charge is 0.210 e. The van der Waals surface area contributed by atoms with E-state index in [4.69, 9.17) is 0 Å². The van der Waals surface area contributed by atoms with Gasteiger partial charge < -0.3 is 0 Å². The van der Waals surface area contributed by atoms with Crippen LogP contribution >= 0.6 is 11.8 Å². The molecule has 6 heavy (non-hydrogen) atoms. The summed E-state index contributed by atoms with van der Waals surface area (Å²) in [5, 5.41) is 0. The molecule has 0 bridgehead atoms. The van der Waals surface area contributed by atoms with Gasteiger partial charge in [-0.1, -0.05) is 0 Å². The minimum absolute atomic E-state index is 0.0417. The fourth-order valence-electron chi connectivity index (χ4n) is 0.126. The summed E-state index contributed by atoms with van der Waals surface area (Å²) in [5.41, 5.74) is 0. The molecule has 0 aliphatic rings. The van der Waals surface area contributed by atoms with Gasteiger partial charge in [0.1, 0.15) is 0 Å². The van der Waals surface area contributed by atoms with E-state index in [0.29, 0.717) is 0 Å². The van der Waals surface area contributed by atoms with Crippen molar-refractivity contribution in [3.8, 4) is 0 Å². The molecular weight excluding hydrogens is 106 g/mol. The first kappa shape index (κ1) is 6.21.